The van der Waals surface area contributed by atoms with Gasteiger partial charge in [0.15, 0.2) is 0 Å². The number of pyridine rings is 3. The van der Waals surface area contributed by atoms with Gasteiger partial charge in [0.2, 0.25) is 0 Å². The molecule has 0 saturated heterocycles. The third-order valence-electron chi connectivity index (χ3n) is 5.01. The van der Waals surface area contributed by atoms with Crippen molar-refractivity contribution in [1.82, 2.24) is 20.3 Å². The van der Waals surface area contributed by atoms with E-state index in [0.717, 1.165) is 33.4 Å². The molecule has 0 aliphatic rings. The van der Waals surface area contributed by atoms with Crippen LogP contribution in [0.2, 0.25) is 0 Å². The summed E-state index contributed by atoms with van der Waals surface area (Å²) < 4.78 is 0. The molecule has 0 spiro atoms. The molecule has 3 aromatic heterocycles. The van der Waals surface area contributed by atoms with Gasteiger partial charge in [-0.1, -0.05) is 17.7 Å². The summed E-state index contributed by atoms with van der Waals surface area (Å²) in [6, 6.07) is 15.5. The monoisotopic (exact) mass is 397 g/mol. The number of nitrogens with zero attached hydrogens (tertiary/aromatic N) is 3. The summed E-state index contributed by atoms with van der Waals surface area (Å²) in [5, 5.41) is 4.04. The minimum atomic E-state index is -0.151. The summed E-state index contributed by atoms with van der Waals surface area (Å²) in [7, 11) is 0. The van der Waals surface area contributed by atoms with Crippen molar-refractivity contribution in [3.05, 3.63) is 94.6 Å². The van der Waals surface area contributed by atoms with Crippen LogP contribution in [0.15, 0.2) is 60.9 Å². The quantitative estimate of drug-likeness (QED) is 0.535. The van der Waals surface area contributed by atoms with Gasteiger partial charge in [-0.25, -0.2) is 4.98 Å². The van der Waals surface area contributed by atoms with Gasteiger partial charge in [0.25, 0.3) is 5.91 Å². The molecule has 4 aromatic rings. The van der Waals surface area contributed by atoms with Crippen molar-refractivity contribution in [2.45, 2.75) is 26.8 Å². The van der Waals surface area contributed by atoms with E-state index in [4.69, 9.17) is 5.73 Å². The highest BCUT2D eigenvalue weighted by molar-refractivity contribution is 5.94. The Balaban J connectivity index is 1.47. The van der Waals surface area contributed by atoms with Crippen LogP contribution in [0, 0.1) is 13.8 Å². The van der Waals surface area contributed by atoms with Gasteiger partial charge >= 0.3 is 0 Å². The van der Waals surface area contributed by atoms with Crippen LogP contribution < -0.4 is 11.1 Å². The lowest BCUT2D eigenvalue weighted by atomic mass is 10.1. The summed E-state index contributed by atoms with van der Waals surface area (Å²) in [6.07, 6.45) is 4.14. The van der Waals surface area contributed by atoms with Crippen LogP contribution in [0.4, 0.5) is 5.82 Å². The van der Waals surface area contributed by atoms with Crippen LogP contribution in [0.25, 0.3) is 10.9 Å². The van der Waals surface area contributed by atoms with Gasteiger partial charge in [0.1, 0.15) is 5.82 Å². The minimum Gasteiger partial charge on any atom is -0.384 e. The molecule has 1 amide bonds. The summed E-state index contributed by atoms with van der Waals surface area (Å²) in [4.78, 5) is 25.8. The van der Waals surface area contributed by atoms with E-state index in [1.165, 1.54) is 5.56 Å². The predicted octanol–water partition coefficient (Wildman–Crippen LogP) is 3.74. The Hall–Kier alpha value is -3.80. The van der Waals surface area contributed by atoms with Crippen molar-refractivity contribution in [3.8, 4) is 0 Å². The molecule has 0 atom stereocenters. The maximum absolute atomic E-state index is 12.6. The molecule has 0 aliphatic carbocycles. The Morgan fingerprint density at radius 1 is 1.03 bits per heavy atom. The number of hydrogen-bond donors (Lipinski definition) is 2. The SMILES string of the molecule is Cc1ccc2ncc(Cc3cc(C(=O)NCc4ccc(N)nc4C)ccn3)cc2c1. The van der Waals surface area contributed by atoms with E-state index >= 15 is 0 Å². The lowest BCUT2D eigenvalue weighted by molar-refractivity contribution is 0.0950. The number of carbonyl (C=O) groups excluding carboxylic acids is 1. The van der Waals surface area contributed by atoms with Crippen LogP contribution >= 0.6 is 0 Å². The molecule has 3 heterocycles. The largest absolute Gasteiger partial charge is 0.384 e. The predicted molar refractivity (Wildman–Crippen MR) is 118 cm³/mol. The fraction of sp³-hybridized carbons (Fsp3) is 0.167. The van der Waals surface area contributed by atoms with Crippen LogP contribution in [0.1, 0.15) is 38.4 Å². The maximum atomic E-state index is 12.6. The van der Waals surface area contributed by atoms with Crippen molar-refractivity contribution < 1.29 is 4.79 Å². The van der Waals surface area contributed by atoms with Crippen molar-refractivity contribution >= 4 is 22.6 Å². The number of nitrogens with two attached hydrogens (primary N) is 1. The second kappa shape index (κ2) is 8.29. The molecule has 0 unspecified atom stereocenters. The molecule has 1 aromatic carbocycles. The first-order valence-electron chi connectivity index (χ1n) is 9.78. The summed E-state index contributed by atoms with van der Waals surface area (Å²) >= 11 is 0. The molecular weight excluding hydrogens is 374 g/mol. The van der Waals surface area contributed by atoms with E-state index in [1.54, 1.807) is 18.3 Å². The molecular formula is C24H23N5O. The van der Waals surface area contributed by atoms with E-state index in [-0.39, 0.29) is 5.91 Å². The molecule has 0 bridgehead atoms. The number of nitrogens with one attached hydrogen (secondary N) is 1. The Labute approximate surface area is 175 Å². The lowest BCUT2D eigenvalue weighted by Gasteiger charge is -2.09. The molecule has 6 nitrogen and oxygen atoms in total. The molecule has 6 heteroatoms. The minimum absolute atomic E-state index is 0.151. The second-order valence-corrected chi connectivity index (χ2v) is 7.42. The summed E-state index contributed by atoms with van der Waals surface area (Å²) in [5.74, 6) is 0.321. The van der Waals surface area contributed by atoms with Crippen LogP contribution in [-0.2, 0) is 13.0 Å². The molecule has 0 fully saturated rings. The van der Waals surface area contributed by atoms with Crippen LogP contribution in [-0.4, -0.2) is 20.9 Å². The van der Waals surface area contributed by atoms with Gasteiger partial charge in [0, 0.05) is 47.7 Å². The number of aromatic nitrogens is 3. The smallest absolute Gasteiger partial charge is 0.251 e. The Kier molecular flexibility index (Phi) is 5.39. The highest BCUT2D eigenvalue weighted by atomic mass is 16.1. The number of aryl methyl sites for hydroxylation is 2. The average molecular weight is 397 g/mol. The molecule has 0 radical (unpaired) electrons. The number of fused-ring (bicyclic) bond motifs is 1. The van der Waals surface area contributed by atoms with Gasteiger partial charge in [-0.15, -0.1) is 0 Å². The van der Waals surface area contributed by atoms with Crippen LogP contribution in [0.3, 0.4) is 0 Å². The number of carbonyl (C=O) groups is 1. The zero-order chi connectivity index (χ0) is 21.1. The van der Waals surface area contributed by atoms with Crippen molar-refractivity contribution in [3.63, 3.8) is 0 Å². The number of nitrogen functional groups attached to an aromatic ring is 1. The first kappa shape index (κ1) is 19.5. The molecule has 3 N–H and O–H groups in total. The number of rotatable bonds is 5. The van der Waals surface area contributed by atoms with Crippen molar-refractivity contribution in [1.29, 1.82) is 0 Å². The molecule has 0 aliphatic heterocycles. The fourth-order valence-electron chi connectivity index (χ4n) is 3.39. The molecule has 4 rings (SSSR count). The zero-order valence-corrected chi connectivity index (χ0v) is 17.0. The second-order valence-electron chi connectivity index (χ2n) is 7.42. The standard InChI is InChI=1S/C24H23N5O/c1-15-3-5-22-20(9-15)10-17(13-27-22)11-21-12-18(7-8-26-21)24(30)28-14-19-4-6-23(25)29-16(19)2/h3-10,12-13H,11,14H2,1-2H3,(H2,25,29)(H,28,30). The fourth-order valence-corrected chi connectivity index (χ4v) is 3.39. The van der Waals surface area contributed by atoms with Gasteiger partial charge in [0.05, 0.1) is 5.52 Å². The number of hydrogen-bond acceptors (Lipinski definition) is 5. The van der Waals surface area contributed by atoms with Crippen molar-refractivity contribution in [2.75, 3.05) is 5.73 Å². The van der Waals surface area contributed by atoms with E-state index in [1.807, 2.05) is 31.3 Å². The third-order valence-corrected chi connectivity index (χ3v) is 5.01. The maximum Gasteiger partial charge on any atom is 0.251 e. The van der Waals surface area contributed by atoms with Gasteiger partial charge < -0.3 is 11.1 Å². The topological polar surface area (TPSA) is 93.8 Å². The normalized spacial score (nSPS) is 10.9. The highest BCUT2D eigenvalue weighted by Crippen LogP contribution is 2.17. The van der Waals surface area contributed by atoms with E-state index in [0.29, 0.717) is 24.3 Å². The number of benzene rings is 1. The van der Waals surface area contributed by atoms with Gasteiger partial charge in [-0.05, 0) is 61.4 Å². The van der Waals surface area contributed by atoms with Gasteiger partial charge in [-0.2, -0.15) is 0 Å². The third kappa shape index (κ3) is 4.43. The Morgan fingerprint density at radius 3 is 2.73 bits per heavy atom. The first-order chi connectivity index (χ1) is 14.5. The van der Waals surface area contributed by atoms with Crippen molar-refractivity contribution in [2.24, 2.45) is 0 Å². The Bertz CT molecular complexity index is 1240. The Morgan fingerprint density at radius 2 is 1.90 bits per heavy atom. The molecule has 30 heavy (non-hydrogen) atoms. The molecule has 0 saturated carbocycles. The molecule has 150 valence electrons. The average Bonchev–Trinajstić information content (AvgIpc) is 2.73. The summed E-state index contributed by atoms with van der Waals surface area (Å²) in [6.45, 7) is 4.34. The lowest BCUT2D eigenvalue weighted by Crippen LogP contribution is -2.23. The zero-order valence-electron chi connectivity index (χ0n) is 17.0. The summed E-state index contributed by atoms with van der Waals surface area (Å²) in [5.41, 5.74) is 12.0. The van der Waals surface area contributed by atoms with E-state index < -0.39 is 0 Å². The number of anilines is 1. The van der Waals surface area contributed by atoms with E-state index in [2.05, 4.69) is 45.4 Å². The first-order valence-corrected chi connectivity index (χ1v) is 9.78. The van der Waals surface area contributed by atoms with E-state index in [9.17, 15) is 4.79 Å². The van der Waals surface area contributed by atoms with Gasteiger partial charge in [-0.3, -0.25) is 14.8 Å². The highest BCUT2D eigenvalue weighted by Gasteiger charge is 2.09. The number of amides is 1. The van der Waals surface area contributed by atoms with Crippen LogP contribution in [0.5, 0.6) is 0 Å².